The van der Waals surface area contributed by atoms with Crippen molar-refractivity contribution in [3.63, 3.8) is 0 Å². The molecule has 1 fully saturated rings. The van der Waals surface area contributed by atoms with Crippen LogP contribution in [0, 0.1) is 5.92 Å². The summed E-state index contributed by atoms with van der Waals surface area (Å²) in [4.78, 5) is 14.6. The van der Waals surface area contributed by atoms with Crippen LogP contribution in [-0.2, 0) is 4.79 Å². The van der Waals surface area contributed by atoms with Crippen LogP contribution in [0.4, 0.5) is 0 Å². The van der Waals surface area contributed by atoms with Gasteiger partial charge >= 0.3 is 0 Å². The number of nitrogens with zero attached hydrogens (tertiary/aromatic N) is 1. The van der Waals surface area contributed by atoms with Gasteiger partial charge in [-0.3, -0.25) is 4.79 Å². The lowest BCUT2D eigenvalue weighted by molar-refractivity contribution is -0.134. The topological polar surface area (TPSA) is 46.3 Å². The number of likely N-dealkylation sites (tertiary alicyclic amines) is 1. The van der Waals surface area contributed by atoms with Gasteiger partial charge in [-0.1, -0.05) is 37.3 Å². The average Bonchev–Trinajstić information content (AvgIpc) is 2.49. The van der Waals surface area contributed by atoms with E-state index in [1.54, 1.807) is 0 Å². The standard InChI is InChI=1S/C16H24N2O/c1-2-15(14-6-4-3-5-7-14)16(19)18-10-8-13(12-17)9-11-18/h3-7,13,15H,2,8-12,17H2,1H3. The summed E-state index contributed by atoms with van der Waals surface area (Å²) in [5.41, 5.74) is 6.83. The second kappa shape index (κ2) is 6.71. The zero-order valence-corrected chi connectivity index (χ0v) is 11.7. The molecular weight excluding hydrogens is 236 g/mol. The van der Waals surface area contributed by atoms with Gasteiger partial charge in [-0.25, -0.2) is 0 Å². The molecule has 1 aliphatic rings. The summed E-state index contributed by atoms with van der Waals surface area (Å²) in [5.74, 6) is 0.889. The van der Waals surface area contributed by atoms with Crippen molar-refractivity contribution in [1.82, 2.24) is 4.90 Å². The Morgan fingerprint density at radius 1 is 1.32 bits per heavy atom. The Balaban J connectivity index is 2.02. The minimum Gasteiger partial charge on any atom is -0.342 e. The summed E-state index contributed by atoms with van der Waals surface area (Å²) in [6.07, 6.45) is 2.96. The van der Waals surface area contributed by atoms with E-state index in [9.17, 15) is 4.79 Å². The molecule has 104 valence electrons. The molecule has 1 aliphatic heterocycles. The Kier molecular flexibility index (Phi) is 4.97. The SMILES string of the molecule is CCC(C(=O)N1CCC(CN)CC1)c1ccccc1. The third kappa shape index (κ3) is 3.35. The lowest BCUT2D eigenvalue weighted by Gasteiger charge is -2.33. The number of amides is 1. The minimum atomic E-state index is 0.00984. The zero-order valence-electron chi connectivity index (χ0n) is 11.7. The lowest BCUT2D eigenvalue weighted by atomic mass is 9.92. The molecule has 1 atom stereocenters. The van der Waals surface area contributed by atoms with Crippen LogP contribution in [0.1, 0.15) is 37.7 Å². The van der Waals surface area contributed by atoms with E-state index < -0.39 is 0 Å². The third-order valence-corrected chi connectivity index (χ3v) is 4.17. The van der Waals surface area contributed by atoms with Crippen molar-refractivity contribution in [1.29, 1.82) is 0 Å². The van der Waals surface area contributed by atoms with Crippen molar-refractivity contribution >= 4 is 5.91 Å². The second-order valence-electron chi connectivity index (χ2n) is 5.38. The number of carbonyl (C=O) groups is 1. The number of piperidine rings is 1. The van der Waals surface area contributed by atoms with E-state index in [4.69, 9.17) is 5.73 Å². The lowest BCUT2D eigenvalue weighted by Crippen LogP contribution is -2.42. The molecule has 1 saturated heterocycles. The molecule has 2 rings (SSSR count). The highest BCUT2D eigenvalue weighted by atomic mass is 16.2. The van der Waals surface area contributed by atoms with Crippen LogP contribution in [0.3, 0.4) is 0 Å². The molecule has 1 aromatic rings. The molecule has 0 saturated carbocycles. The van der Waals surface area contributed by atoms with Gasteiger partial charge in [0.1, 0.15) is 0 Å². The van der Waals surface area contributed by atoms with Gasteiger partial charge in [0.15, 0.2) is 0 Å². The Labute approximate surface area is 115 Å². The molecule has 0 aliphatic carbocycles. The first kappa shape index (κ1) is 14.1. The van der Waals surface area contributed by atoms with Crippen LogP contribution in [-0.4, -0.2) is 30.4 Å². The van der Waals surface area contributed by atoms with Crippen LogP contribution < -0.4 is 5.73 Å². The number of carbonyl (C=O) groups excluding carboxylic acids is 1. The van der Waals surface area contributed by atoms with E-state index in [-0.39, 0.29) is 11.8 Å². The number of nitrogens with two attached hydrogens (primary N) is 1. The maximum Gasteiger partial charge on any atom is 0.230 e. The minimum absolute atomic E-state index is 0.00984. The van der Waals surface area contributed by atoms with Crippen molar-refractivity contribution < 1.29 is 4.79 Å². The maximum absolute atomic E-state index is 12.6. The Morgan fingerprint density at radius 2 is 1.95 bits per heavy atom. The highest BCUT2D eigenvalue weighted by molar-refractivity contribution is 5.83. The van der Waals surface area contributed by atoms with Crippen molar-refractivity contribution in [3.05, 3.63) is 35.9 Å². The summed E-state index contributed by atoms with van der Waals surface area (Å²) < 4.78 is 0. The van der Waals surface area contributed by atoms with Crippen LogP contribution in [0.15, 0.2) is 30.3 Å². The van der Waals surface area contributed by atoms with Gasteiger partial charge in [-0.15, -0.1) is 0 Å². The molecule has 1 heterocycles. The molecule has 3 heteroatoms. The predicted octanol–water partition coefficient (Wildman–Crippen LogP) is 2.38. The maximum atomic E-state index is 12.6. The fourth-order valence-corrected chi connectivity index (χ4v) is 2.85. The van der Waals surface area contributed by atoms with E-state index in [2.05, 4.69) is 19.1 Å². The summed E-state index contributed by atoms with van der Waals surface area (Å²) >= 11 is 0. The van der Waals surface area contributed by atoms with Crippen LogP contribution in [0.2, 0.25) is 0 Å². The van der Waals surface area contributed by atoms with Crippen molar-refractivity contribution in [2.75, 3.05) is 19.6 Å². The molecule has 3 nitrogen and oxygen atoms in total. The van der Waals surface area contributed by atoms with Gasteiger partial charge in [-0.05, 0) is 37.3 Å². The zero-order chi connectivity index (χ0) is 13.7. The molecule has 0 bridgehead atoms. The summed E-state index contributed by atoms with van der Waals surface area (Å²) in [5, 5.41) is 0. The smallest absolute Gasteiger partial charge is 0.230 e. The first-order chi connectivity index (χ1) is 9.26. The highest BCUT2D eigenvalue weighted by Gasteiger charge is 2.27. The largest absolute Gasteiger partial charge is 0.342 e. The molecule has 0 radical (unpaired) electrons. The molecular formula is C16H24N2O. The first-order valence-electron chi connectivity index (χ1n) is 7.30. The number of hydrogen-bond donors (Lipinski definition) is 1. The van der Waals surface area contributed by atoms with Gasteiger partial charge in [0, 0.05) is 13.1 Å². The fourth-order valence-electron chi connectivity index (χ4n) is 2.85. The van der Waals surface area contributed by atoms with Crippen molar-refractivity contribution in [2.24, 2.45) is 11.7 Å². The monoisotopic (exact) mass is 260 g/mol. The van der Waals surface area contributed by atoms with E-state index in [1.165, 1.54) is 0 Å². The molecule has 1 amide bonds. The number of benzene rings is 1. The fraction of sp³-hybridized carbons (Fsp3) is 0.562. The summed E-state index contributed by atoms with van der Waals surface area (Å²) in [7, 11) is 0. The van der Waals surface area contributed by atoms with Crippen LogP contribution in [0.25, 0.3) is 0 Å². The molecule has 0 aromatic heterocycles. The van der Waals surface area contributed by atoms with Crippen molar-refractivity contribution in [2.45, 2.75) is 32.1 Å². The van der Waals surface area contributed by atoms with Gasteiger partial charge in [-0.2, -0.15) is 0 Å². The van der Waals surface area contributed by atoms with E-state index in [1.807, 2.05) is 23.1 Å². The molecule has 19 heavy (non-hydrogen) atoms. The Hall–Kier alpha value is -1.35. The highest BCUT2D eigenvalue weighted by Crippen LogP contribution is 2.25. The quantitative estimate of drug-likeness (QED) is 0.903. The van der Waals surface area contributed by atoms with Gasteiger partial charge < -0.3 is 10.6 Å². The van der Waals surface area contributed by atoms with Crippen LogP contribution in [0.5, 0.6) is 0 Å². The van der Waals surface area contributed by atoms with Gasteiger partial charge in [0.25, 0.3) is 0 Å². The molecule has 2 N–H and O–H groups in total. The van der Waals surface area contributed by atoms with E-state index >= 15 is 0 Å². The van der Waals surface area contributed by atoms with Gasteiger partial charge in [0.05, 0.1) is 5.92 Å². The first-order valence-corrected chi connectivity index (χ1v) is 7.30. The average molecular weight is 260 g/mol. The Bertz CT molecular complexity index is 396. The van der Waals surface area contributed by atoms with E-state index in [0.29, 0.717) is 5.92 Å². The normalized spacial score (nSPS) is 18.3. The van der Waals surface area contributed by atoms with Gasteiger partial charge in [0.2, 0.25) is 5.91 Å². The number of rotatable bonds is 4. The molecule has 0 spiro atoms. The third-order valence-electron chi connectivity index (χ3n) is 4.17. The van der Waals surface area contributed by atoms with Crippen molar-refractivity contribution in [3.8, 4) is 0 Å². The second-order valence-corrected chi connectivity index (χ2v) is 5.38. The molecule has 1 unspecified atom stereocenters. The van der Waals surface area contributed by atoms with E-state index in [0.717, 1.165) is 44.5 Å². The molecule has 1 aromatic carbocycles. The van der Waals surface area contributed by atoms with Crippen LogP contribution >= 0.6 is 0 Å². The summed E-state index contributed by atoms with van der Waals surface area (Å²) in [6.45, 7) is 4.56. The Morgan fingerprint density at radius 3 is 2.47 bits per heavy atom. The predicted molar refractivity (Wildman–Crippen MR) is 77.8 cm³/mol. The summed E-state index contributed by atoms with van der Waals surface area (Å²) in [6, 6.07) is 10.1. The number of hydrogen-bond acceptors (Lipinski definition) is 2.